The third-order valence-corrected chi connectivity index (χ3v) is 3.52. The summed E-state index contributed by atoms with van der Waals surface area (Å²) in [5, 5.41) is 9.01. The van der Waals surface area contributed by atoms with E-state index >= 15 is 0 Å². The van der Waals surface area contributed by atoms with Gasteiger partial charge in [0.25, 0.3) is 0 Å². The van der Waals surface area contributed by atoms with Gasteiger partial charge in [-0.1, -0.05) is 6.07 Å². The number of likely N-dealkylation sites (tertiary alicyclic amines) is 1. The molecule has 4 nitrogen and oxygen atoms in total. The third kappa shape index (κ3) is 3.51. The number of piperidine rings is 1. The lowest BCUT2D eigenvalue weighted by Gasteiger charge is -2.30. The molecule has 0 spiro atoms. The van der Waals surface area contributed by atoms with Crippen LogP contribution in [0.5, 0.6) is 0 Å². The van der Waals surface area contributed by atoms with E-state index in [9.17, 15) is 4.79 Å². The number of carboxylic acid groups (broad SMARTS) is 1. The van der Waals surface area contributed by atoms with Gasteiger partial charge >= 0.3 is 5.97 Å². The van der Waals surface area contributed by atoms with E-state index in [0.717, 1.165) is 36.1 Å². The molecular weight excluding hydrogens is 284 g/mol. The van der Waals surface area contributed by atoms with Crippen LogP contribution >= 0.6 is 15.9 Å². The second-order valence-corrected chi connectivity index (χ2v) is 5.21. The van der Waals surface area contributed by atoms with E-state index < -0.39 is 5.97 Å². The lowest BCUT2D eigenvalue weighted by molar-refractivity contribution is -0.143. The summed E-state index contributed by atoms with van der Waals surface area (Å²) in [5.74, 6) is -0.893. The molecule has 1 aromatic rings. The van der Waals surface area contributed by atoms with Crippen LogP contribution in [0.2, 0.25) is 0 Å². The Labute approximate surface area is 109 Å². The number of carboxylic acids is 1. The van der Waals surface area contributed by atoms with E-state index in [1.54, 1.807) is 0 Å². The molecule has 0 aliphatic carbocycles. The highest BCUT2D eigenvalue weighted by molar-refractivity contribution is 9.10. The molecule has 0 radical (unpaired) electrons. The van der Waals surface area contributed by atoms with Gasteiger partial charge in [-0.25, -0.2) is 4.98 Å². The molecule has 0 aromatic carbocycles. The minimum absolute atomic E-state index is 0.216. The number of halogens is 1. The summed E-state index contributed by atoms with van der Waals surface area (Å²) >= 11 is 3.30. The zero-order chi connectivity index (χ0) is 12.3. The first-order chi connectivity index (χ1) is 8.15. The summed E-state index contributed by atoms with van der Waals surface area (Å²) in [4.78, 5) is 17.3. The average Bonchev–Trinajstić information content (AvgIpc) is 2.32. The first-order valence-electron chi connectivity index (χ1n) is 5.71. The molecule has 0 saturated carbocycles. The summed E-state index contributed by atoms with van der Waals surface area (Å²) in [7, 11) is 0. The lowest BCUT2D eigenvalue weighted by Crippen LogP contribution is -2.38. The van der Waals surface area contributed by atoms with Crippen molar-refractivity contribution < 1.29 is 9.90 Å². The number of hydrogen-bond acceptors (Lipinski definition) is 3. The molecule has 1 fully saturated rings. The largest absolute Gasteiger partial charge is 0.481 e. The molecule has 2 heterocycles. The van der Waals surface area contributed by atoms with Crippen LogP contribution in [0.25, 0.3) is 0 Å². The standard InChI is InChI=1S/C12H15BrN2O2/c13-11-4-3-9(6-14-11)7-15-5-1-2-10(8-15)12(16)17/h3-4,6,10H,1-2,5,7-8H2,(H,16,17)/t10-/m1/s1. The fraction of sp³-hybridized carbons (Fsp3) is 0.500. The van der Waals surface area contributed by atoms with Crippen LogP contribution in [0.15, 0.2) is 22.9 Å². The Hall–Kier alpha value is -0.940. The number of nitrogens with zero attached hydrogens (tertiary/aromatic N) is 2. The number of pyridine rings is 1. The smallest absolute Gasteiger partial charge is 0.307 e. The summed E-state index contributed by atoms with van der Waals surface area (Å²) in [6.07, 6.45) is 3.58. The van der Waals surface area contributed by atoms with Gasteiger partial charge in [-0.05, 0) is 46.9 Å². The van der Waals surface area contributed by atoms with Gasteiger partial charge in [-0.2, -0.15) is 0 Å². The second kappa shape index (κ2) is 5.60. The van der Waals surface area contributed by atoms with Gasteiger partial charge in [0.2, 0.25) is 0 Å². The zero-order valence-electron chi connectivity index (χ0n) is 9.47. The molecule has 1 saturated heterocycles. The van der Waals surface area contributed by atoms with Crippen LogP contribution in [0.3, 0.4) is 0 Å². The monoisotopic (exact) mass is 298 g/mol. The Balaban J connectivity index is 1.94. The van der Waals surface area contributed by atoms with E-state index in [1.165, 1.54) is 0 Å². The maximum Gasteiger partial charge on any atom is 0.307 e. The third-order valence-electron chi connectivity index (χ3n) is 3.05. The number of carbonyl (C=O) groups is 1. The maximum absolute atomic E-state index is 11.0. The molecule has 1 aliphatic heterocycles. The van der Waals surface area contributed by atoms with Crippen molar-refractivity contribution in [1.29, 1.82) is 0 Å². The number of aromatic nitrogens is 1. The Morgan fingerprint density at radius 1 is 1.59 bits per heavy atom. The molecule has 2 rings (SSSR count). The molecule has 5 heteroatoms. The number of rotatable bonds is 3. The van der Waals surface area contributed by atoms with Crippen molar-refractivity contribution in [3.05, 3.63) is 28.5 Å². The predicted octanol–water partition coefficient (Wildman–Crippen LogP) is 2.14. The Morgan fingerprint density at radius 2 is 2.41 bits per heavy atom. The molecule has 1 atom stereocenters. The fourth-order valence-electron chi connectivity index (χ4n) is 2.16. The van der Waals surface area contributed by atoms with Gasteiger partial charge in [0, 0.05) is 19.3 Å². The summed E-state index contributed by atoms with van der Waals surface area (Å²) in [6.45, 7) is 2.40. The SMILES string of the molecule is O=C(O)[C@@H]1CCCN(Cc2ccc(Br)nc2)C1. The Bertz CT molecular complexity index is 394. The molecule has 17 heavy (non-hydrogen) atoms. The fourth-order valence-corrected chi connectivity index (χ4v) is 2.39. The zero-order valence-corrected chi connectivity index (χ0v) is 11.1. The second-order valence-electron chi connectivity index (χ2n) is 4.40. The predicted molar refractivity (Wildman–Crippen MR) is 67.6 cm³/mol. The summed E-state index contributed by atoms with van der Waals surface area (Å²) < 4.78 is 0.823. The van der Waals surface area contributed by atoms with Crippen molar-refractivity contribution >= 4 is 21.9 Å². The highest BCUT2D eigenvalue weighted by Gasteiger charge is 2.25. The molecule has 0 bridgehead atoms. The molecular formula is C12H15BrN2O2. The van der Waals surface area contributed by atoms with Gasteiger partial charge < -0.3 is 5.11 Å². The first kappa shape index (κ1) is 12.5. The minimum Gasteiger partial charge on any atom is -0.481 e. The van der Waals surface area contributed by atoms with Gasteiger partial charge in [-0.15, -0.1) is 0 Å². The number of hydrogen-bond donors (Lipinski definition) is 1. The quantitative estimate of drug-likeness (QED) is 0.869. The number of aliphatic carboxylic acids is 1. The summed E-state index contributed by atoms with van der Waals surface area (Å²) in [5.41, 5.74) is 1.12. The van der Waals surface area contributed by atoms with Crippen LogP contribution in [0.4, 0.5) is 0 Å². The molecule has 0 unspecified atom stereocenters. The van der Waals surface area contributed by atoms with Crippen LogP contribution in [-0.4, -0.2) is 34.0 Å². The Morgan fingerprint density at radius 3 is 3.06 bits per heavy atom. The normalized spacial score (nSPS) is 21.4. The van der Waals surface area contributed by atoms with E-state index in [2.05, 4.69) is 25.8 Å². The molecule has 1 aromatic heterocycles. The average molecular weight is 299 g/mol. The topological polar surface area (TPSA) is 53.4 Å². The van der Waals surface area contributed by atoms with Crippen molar-refractivity contribution in [3.63, 3.8) is 0 Å². The van der Waals surface area contributed by atoms with Gasteiger partial charge in [0.1, 0.15) is 4.60 Å². The van der Waals surface area contributed by atoms with Gasteiger partial charge in [0.05, 0.1) is 5.92 Å². The van der Waals surface area contributed by atoms with Crippen molar-refractivity contribution in [3.8, 4) is 0 Å². The molecule has 0 amide bonds. The Kier molecular flexibility index (Phi) is 4.12. The van der Waals surface area contributed by atoms with Crippen molar-refractivity contribution in [1.82, 2.24) is 9.88 Å². The van der Waals surface area contributed by atoms with Crippen LogP contribution in [-0.2, 0) is 11.3 Å². The lowest BCUT2D eigenvalue weighted by atomic mass is 9.98. The highest BCUT2D eigenvalue weighted by atomic mass is 79.9. The first-order valence-corrected chi connectivity index (χ1v) is 6.50. The van der Waals surface area contributed by atoms with Gasteiger partial charge in [0.15, 0.2) is 0 Å². The maximum atomic E-state index is 11.0. The summed E-state index contributed by atoms with van der Waals surface area (Å²) in [6, 6.07) is 3.93. The van der Waals surface area contributed by atoms with Crippen molar-refractivity contribution in [2.45, 2.75) is 19.4 Å². The van der Waals surface area contributed by atoms with E-state index in [0.29, 0.717) is 6.54 Å². The van der Waals surface area contributed by atoms with Gasteiger partial charge in [-0.3, -0.25) is 9.69 Å². The molecule has 1 N–H and O–H groups in total. The highest BCUT2D eigenvalue weighted by Crippen LogP contribution is 2.18. The van der Waals surface area contributed by atoms with E-state index in [4.69, 9.17) is 5.11 Å². The van der Waals surface area contributed by atoms with Crippen LogP contribution < -0.4 is 0 Å². The van der Waals surface area contributed by atoms with E-state index in [1.807, 2.05) is 18.3 Å². The van der Waals surface area contributed by atoms with Crippen LogP contribution in [0, 0.1) is 5.92 Å². The molecule has 1 aliphatic rings. The van der Waals surface area contributed by atoms with Crippen molar-refractivity contribution in [2.24, 2.45) is 5.92 Å². The van der Waals surface area contributed by atoms with Crippen molar-refractivity contribution in [2.75, 3.05) is 13.1 Å². The van der Waals surface area contributed by atoms with E-state index in [-0.39, 0.29) is 5.92 Å². The molecule has 92 valence electrons. The van der Waals surface area contributed by atoms with Crippen LogP contribution in [0.1, 0.15) is 18.4 Å². The minimum atomic E-state index is -0.677.